The fraction of sp³-hybridized carbons (Fsp3) is 0.0667. The third-order valence-electron chi connectivity index (χ3n) is 3.27. The molecule has 0 N–H and O–H groups in total. The minimum absolute atomic E-state index is 0.516. The minimum Gasteiger partial charge on any atom is -0.422 e. The lowest BCUT2D eigenvalue weighted by Crippen LogP contribution is -2.04. The van der Waals surface area contributed by atoms with Gasteiger partial charge in [0.2, 0.25) is 4.80 Å². The summed E-state index contributed by atoms with van der Waals surface area (Å²) in [6.45, 7) is 2.03. The second kappa shape index (κ2) is 5.12. The number of aromatic nitrogens is 2. The van der Waals surface area contributed by atoms with Crippen LogP contribution in [0.4, 0.5) is 5.69 Å². The average Bonchev–Trinajstić information content (AvgIpc) is 3.03. The van der Waals surface area contributed by atoms with Crippen molar-refractivity contribution >= 4 is 57.4 Å². The van der Waals surface area contributed by atoms with E-state index in [1.54, 1.807) is 18.2 Å². The molecule has 0 amide bonds. The Hall–Kier alpha value is -1.82. The molecule has 4 aromatic rings. The van der Waals surface area contributed by atoms with Crippen LogP contribution in [0.15, 0.2) is 45.8 Å². The van der Waals surface area contributed by atoms with Gasteiger partial charge in [0.1, 0.15) is 0 Å². The average molecular weight is 350 g/mol. The minimum atomic E-state index is 0.516. The van der Waals surface area contributed by atoms with E-state index in [0.717, 1.165) is 16.7 Å². The van der Waals surface area contributed by atoms with Crippen LogP contribution in [0, 0.1) is 6.92 Å². The van der Waals surface area contributed by atoms with Gasteiger partial charge in [0.05, 0.1) is 16.2 Å². The largest absolute Gasteiger partial charge is 0.422 e. The maximum absolute atomic E-state index is 6.18. The van der Waals surface area contributed by atoms with E-state index in [9.17, 15) is 0 Å². The molecule has 2 aromatic carbocycles. The molecular formula is C15H9Cl2N3OS. The monoisotopic (exact) mass is 349 g/mol. The zero-order valence-electron chi connectivity index (χ0n) is 11.4. The Balaban J connectivity index is 2.06. The normalized spacial score (nSPS) is 12.6. The smallest absolute Gasteiger partial charge is 0.320 e. The van der Waals surface area contributed by atoms with E-state index in [1.165, 1.54) is 11.5 Å². The van der Waals surface area contributed by atoms with Gasteiger partial charge >= 0.3 is 5.84 Å². The van der Waals surface area contributed by atoms with E-state index in [-0.39, 0.29) is 0 Å². The van der Waals surface area contributed by atoms with Gasteiger partial charge in [0.15, 0.2) is 5.58 Å². The van der Waals surface area contributed by atoms with E-state index < -0.39 is 0 Å². The lowest BCUT2D eigenvalue weighted by molar-refractivity contribution is 0.642. The molecule has 22 heavy (non-hydrogen) atoms. The first-order valence-electron chi connectivity index (χ1n) is 6.49. The zero-order valence-corrected chi connectivity index (χ0v) is 13.7. The first kappa shape index (κ1) is 13.8. The zero-order chi connectivity index (χ0) is 15.3. The molecule has 0 aliphatic rings. The number of benzene rings is 2. The molecule has 0 aliphatic carbocycles. The fourth-order valence-corrected chi connectivity index (χ4v) is 3.25. The molecule has 0 bridgehead atoms. The van der Waals surface area contributed by atoms with Gasteiger partial charge in [-0.1, -0.05) is 29.3 Å². The third-order valence-corrected chi connectivity index (χ3v) is 4.51. The number of nitrogens with zero attached hydrogens (tertiary/aromatic N) is 3. The van der Waals surface area contributed by atoms with Crippen LogP contribution in [0.2, 0.25) is 10.0 Å². The van der Waals surface area contributed by atoms with Crippen molar-refractivity contribution in [1.29, 1.82) is 0 Å². The third kappa shape index (κ3) is 2.22. The summed E-state index contributed by atoms with van der Waals surface area (Å²) >= 11 is 13.4. The molecule has 7 heteroatoms. The molecule has 0 aliphatic heterocycles. The molecule has 0 unspecified atom stereocenters. The summed E-state index contributed by atoms with van der Waals surface area (Å²) in [6, 6.07) is 11.2. The van der Waals surface area contributed by atoms with Crippen LogP contribution in [-0.4, -0.2) is 8.77 Å². The van der Waals surface area contributed by atoms with Crippen LogP contribution in [0.3, 0.4) is 0 Å². The molecule has 4 nitrogen and oxygen atoms in total. The summed E-state index contributed by atoms with van der Waals surface area (Å²) in [5, 5.41) is 1.12. The molecule has 0 saturated heterocycles. The van der Waals surface area contributed by atoms with Crippen molar-refractivity contribution in [3.63, 3.8) is 0 Å². The standard InChI is InChI=1S/C15H9Cl2N3OS/c1-8-2-5-13-12(6-8)20-14(21-13)19-22-15(20)18-11-7-9(16)3-4-10(11)17/h2-7H,1H3. The first-order chi connectivity index (χ1) is 10.6. The predicted molar refractivity (Wildman–Crippen MR) is 89.3 cm³/mol. The van der Waals surface area contributed by atoms with Gasteiger partial charge < -0.3 is 4.42 Å². The van der Waals surface area contributed by atoms with Gasteiger partial charge in [-0.25, -0.2) is 9.39 Å². The number of fused-ring (bicyclic) bond motifs is 3. The molecule has 2 aromatic heterocycles. The van der Waals surface area contributed by atoms with E-state index in [1.807, 2.05) is 29.5 Å². The lowest BCUT2D eigenvalue weighted by atomic mass is 10.2. The molecule has 0 spiro atoms. The predicted octanol–water partition coefficient (Wildman–Crippen LogP) is 4.99. The number of hydrogen-bond donors (Lipinski definition) is 0. The van der Waals surface area contributed by atoms with Crippen LogP contribution in [0.5, 0.6) is 0 Å². The summed E-state index contributed by atoms with van der Waals surface area (Å²) in [6.07, 6.45) is 0. The highest BCUT2D eigenvalue weighted by molar-refractivity contribution is 7.03. The Kier molecular flexibility index (Phi) is 3.22. The molecular weight excluding hydrogens is 341 g/mol. The summed E-state index contributed by atoms with van der Waals surface area (Å²) < 4.78 is 11.9. The highest BCUT2D eigenvalue weighted by Crippen LogP contribution is 2.28. The van der Waals surface area contributed by atoms with Crippen molar-refractivity contribution in [3.05, 3.63) is 56.8 Å². The summed E-state index contributed by atoms with van der Waals surface area (Å²) in [4.78, 5) is 5.27. The molecule has 0 radical (unpaired) electrons. The number of rotatable bonds is 1. The Morgan fingerprint density at radius 2 is 2.05 bits per heavy atom. The van der Waals surface area contributed by atoms with Gasteiger partial charge in [-0.2, -0.15) is 0 Å². The number of oxazole rings is 1. The van der Waals surface area contributed by atoms with E-state index in [0.29, 0.717) is 26.4 Å². The highest BCUT2D eigenvalue weighted by atomic mass is 35.5. The SMILES string of the molecule is Cc1ccc2oc3nsc(=Nc4cc(Cl)ccc4Cl)n3c2c1. The van der Waals surface area contributed by atoms with Gasteiger partial charge in [-0.3, -0.25) is 0 Å². The Morgan fingerprint density at radius 3 is 2.91 bits per heavy atom. The molecule has 0 atom stereocenters. The molecule has 0 saturated carbocycles. The fourth-order valence-electron chi connectivity index (χ4n) is 2.25. The van der Waals surface area contributed by atoms with E-state index >= 15 is 0 Å². The van der Waals surface area contributed by atoms with Crippen molar-refractivity contribution in [3.8, 4) is 0 Å². The van der Waals surface area contributed by atoms with Crippen LogP contribution in [0.25, 0.3) is 16.9 Å². The molecule has 110 valence electrons. The van der Waals surface area contributed by atoms with Crippen LogP contribution in [0.1, 0.15) is 5.56 Å². The topological polar surface area (TPSA) is 42.8 Å². The highest BCUT2D eigenvalue weighted by Gasteiger charge is 2.11. The van der Waals surface area contributed by atoms with Crippen LogP contribution >= 0.6 is 34.7 Å². The van der Waals surface area contributed by atoms with Gasteiger partial charge in [-0.15, -0.1) is 4.37 Å². The molecule has 4 rings (SSSR count). The van der Waals surface area contributed by atoms with Crippen molar-refractivity contribution in [2.45, 2.75) is 6.92 Å². The van der Waals surface area contributed by atoms with E-state index in [2.05, 4.69) is 9.37 Å². The Labute approximate surface area is 139 Å². The Bertz CT molecular complexity index is 1080. The van der Waals surface area contributed by atoms with Crippen molar-refractivity contribution < 1.29 is 4.42 Å². The summed E-state index contributed by atoms with van der Waals surface area (Å²) in [7, 11) is 0. The maximum Gasteiger partial charge on any atom is 0.320 e. The van der Waals surface area contributed by atoms with Gasteiger partial charge in [-0.05, 0) is 42.8 Å². The second-order valence-electron chi connectivity index (χ2n) is 4.86. The quantitative estimate of drug-likeness (QED) is 0.485. The number of halogens is 2. The van der Waals surface area contributed by atoms with Gasteiger partial charge in [0, 0.05) is 16.6 Å². The molecule has 0 fully saturated rings. The van der Waals surface area contributed by atoms with Crippen molar-refractivity contribution in [2.24, 2.45) is 4.99 Å². The van der Waals surface area contributed by atoms with Crippen molar-refractivity contribution in [2.75, 3.05) is 0 Å². The Morgan fingerprint density at radius 1 is 1.18 bits per heavy atom. The van der Waals surface area contributed by atoms with Crippen LogP contribution in [-0.2, 0) is 0 Å². The molecule has 2 heterocycles. The maximum atomic E-state index is 6.18. The summed E-state index contributed by atoms with van der Waals surface area (Å²) in [5.41, 5.74) is 3.45. The second-order valence-corrected chi connectivity index (χ2v) is 6.44. The number of hydrogen-bond acceptors (Lipinski definition) is 4. The number of aryl methyl sites for hydroxylation is 1. The lowest BCUT2D eigenvalue weighted by Gasteiger charge is -1.97. The van der Waals surface area contributed by atoms with Crippen LogP contribution < -0.4 is 4.80 Å². The summed E-state index contributed by atoms with van der Waals surface area (Å²) in [5.74, 6) is 0.516. The van der Waals surface area contributed by atoms with Gasteiger partial charge in [0.25, 0.3) is 0 Å². The first-order valence-corrected chi connectivity index (χ1v) is 8.02. The van der Waals surface area contributed by atoms with Crippen molar-refractivity contribution in [1.82, 2.24) is 8.77 Å². The van der Waals surface area contributed by atoms with E-state index in [4.69, 9.17) is 27.6 Å².